The summed E-state index contributed by atoms with van der Waals surface area (Å²) in [6.45, 7) is 0.672. The van der Waals surface area contributed by atoms with Crippen LogP contribution in [0, 0.1) is 0 Å². The molecule has 0 amide bonds. The fourth-order valence-electron chi connectivity index (χ4n) is 2.33. The number of hydrogen-bond acceptors (Lipinski definition) is 5. The number of nitrogens with zero attached hydrogens (tertiary/aromatic N) is 1. The van der Waals surface area contributed by atoms with Crippen LogP contribution < -0.4 is 5.32 Å². The van der Waals surface area contributed by atoms with Crippen molar-refractivity contribution in [3.8, 4) is 0 Å². The lowest BCUT2D eigenvalue weighted by atomic mass is 9.95. The van der Waals surface area contributed by atoms with E-state index in [4.69, 9.17) is 5.11 Å². The van der Waals surface area contributed by atoms with Gasteiger partial charge in [0.25, 0.3) is 0 Å². The molecule has 4 nitrogen and oxygen atoms in total. The quantitative estimate of drug-likeness (QED) is 0.871. The largest absolute Gasteiger partial charge is 0.476 e. The van der Waals surface area contributed by atoms with Gasteiger partial charge in [-0.25, -0.2) is 9.78 Å². The number of carbonyl (C=O) groups is 1. The highest BCUT2D eigenvalue weighted by Crippen LogP contribution is 2.27. The Hall–Kier alpha value is -0.590. The van der Waals surface area contributed by atoms with Gasteiger partial charge in [0.2, 0.25) is 5.01 Å². The number of aromatic carboxylic acids is 1. The normalized spacial score (nSPS) is 24.1. The van der Waals surface area contributed by atoms with Crippen molar-refractivity contribution in [2.24, 2.45) is 0 Å². The highest BCUT2D eigenvalue weighted by Gasteiger charge is 2.23. The highest BCUT2D eigenvalue weighted by atomic mass is 32.2. The van der Waals surface area contributed by atoms with E-state index in [-0.39, 0.29) is 5.01 Å². The minimum atomic E-state index is -0.939. The maximum Gasteiger partial charge on any atom is 0.365 e. The molecular formula is C12H18N2O2S2. The molecule has 1 aromatic rings. The molecular weight excluding hydrogens is 268 g/mol. The maximum atomic E-state index is 10.7. The Balaban J connectivity index is 1.87. The first-order chi connectivity index (χ1) is 8.70. The van der Waals surface area contributed by atoms with E-state index in [2.05, 4.69) is 16.6 Å². The Morgan fingerprint density at radius 3 is 3.06 bits per heavy atom. The molecule has 0 aromatic carbocycles. The van der Waals surface area contributed by atoms with Crippen molar-refractivity contribution in [3.05, 3.63) is 16.1 Å². The molecule has 0 bridgehead atoms. The van der Waals surface area contributed by atoms with E-state index in [0.29, 0.717) is 17.8 Å². The first-order valence-corrected chi connectivity index (χ1v) is 8.31. The topological polar surface area (TPSA) is 62.2 Å². The molecule has 2 N–H and O–H groups in total. The van der Waals surface area contributed by atoms with Gasteiger partial charge in [-0.15, -0.1) is 11.3 Å². The van der Waals surface area contributed by atoms with E-state index in [1.165, 1.54) is 37.0 Å². The van der Waals surface area contributed by atoms with Crippen LogP contribution in [0.2, 0.25) is 0 Å². The van der Waals surface area contributed by atoms with E-state index in [9.17, 15) is 4.79 Å². The lowest BCUT2D eigenvalue weighted by Crippen LogP contribution is -2.40. The van der Waals surface area contributed by atoms with Crippen molar-refractivity contribution < 1.29 is 9.90 Å². The number of nitrogens with one attached hydrogen (secondary N) is 1. The smallest absolute Gasteiger partial charge is 0.365 e. The molecule has 2 rings (SSSR count). The summed E-state index contributed by atoms with van der Waals surface area (Å²) in [5.41, 5.74) is 0.836. The second-order valence-corrected chi connectivity index (χ2v) is 6.43. The predicted octanol–water partition coefficient (Wildman–Crippen LogP) is 2.61. The van der Waals surface area contributed by atoms with Crippen LogP contribution >= 0.6 is 23.1 Å². The number of aromatic nitrogens is 1. The summed E-state index contributed by atoms with van der Waals surface area (Å²) < 4.78 is 0. The van der Waals surface area contributed by atoms with Crippen molar-refractivity contribution in [2.45, 2.75) is 43.5 Å². The van der Waals surface area contributed by atoms with Crippen LogP contribution in [-0.2, 0) is 6.54 Å². The van der Waals surface area contributed by atoms with E-state index in [0.717, 1.165) is 5.69 Å². The zero-order valence-electron chi connectivity index (χ0n) is 10.4. The second-order valence-electron chi connectivity index (χ2n) is 4.50. The molecule has 0 spiro atoms. The van der Waals surface area contributed by atoms with Crippen LogP contribution in [-0.4, -0.2) is 33.6 Å². The lowest BCUT2D eigenvalue weighted by Gasteiger charge is -2.30. The van der Waals surface area contributed by atoms with Crippen molar-refractivity contribution in [2.75, 3.05) is 6.26 Å². The monoisotopic (exact) mass is 286 g/mol. The molecule has 1 aromatic heterocycles. The first-order valence-electron chi connectivity index (χ1n) is 6.14. The molecule has 1 aliphatic carbocycles. The summed E-state index contributed by atoms with van der Waals surface area (Å²) in [6, 6.07) is 0.531. The Morgan fingerprint density at radius 2 is 2.39 bits per heavy atom. The average Bonchev–Trinajstić information content (AvgIpc) is 2.85. The third kappa shape index (κ3) is 3.46. The molecule has 0 aliphatic heterocycles. The highest BCUT2D eigenvalue weighted by molar-refractivity contribution is 7.99. The van der Waals surface area contributed by atoms with Gasteiger partial charge in [-0.05, 0) is 19.1 Å². The molecule has 1 heterocycles. The van der Waals surface area contributed by atoms with Crippen LogP contribution in [0.1, 0.15) is 41.2 Å². The second kappa shape index (κ2) is 6.54. The summed E-state index contributed by atoms with van der Waals surface area (Å²) in [7, 11) is 0. The minimum absolute atomic E-state index is 0.178. The Bertz CT molecular complexity index is 409. The summed E-state index contributed by atoms with van der Waals surface area (Å²) >= 11 is 3.12. The predicted molar refractivity (Wildman–Crippen MR) is 75.5 cm³/mol. The van der Waals surface area contributed by atoms with Gasteiger partial charge >= 0.3 is 5.97 Å². The van der Waals surface area contributed by atoms with Gasteiger partial charge in [0.1, 0.15) is 0 Å². The van der Waals surface area contributed by atoms with Gasteiger partial charge in [0, 0.05) is 23.2 Å². The molecule has 2 atom stereocenters. The molecule has 1 fully saturated rings. The summed E-state index contributed by atoms with van der Waals surface area (Å²) in [6.07, 6.45) is 7.25. The molecule has 6 heteroatoms. The fraction of sp³-hybridized carbons (Fsp3) is 0.667. The van der Waals surface area contributed by atoms with E-state index in [1.54, 1.807) is 0 Å². The number of thioether (sulfide) groups is 1. The molecule has 0 radical (unpaired) electrons. The van der Waals surface area contributed by atoms with Gasteiger partial charge in [-0.1, -0.05) is 12.8 Å². The van der Waals surface area contributed by atoms with Crippen LogP contribution in [0.3, 0.4) is 0 Å². The third-order valence-corrected chi connectivity index (χ3v) is 5.33. The first kappa shape index (κ1) is 13.8. The van der Waals surface area contributed by atoms with Gasteiger partial charge in [-0.3, -0.25) is 0 Å². The van der Waals surface area contributed by atoms with Gasteiger partial charge in [0.05, 0.1) is 5.69 Å². The zero-order chi connectivity index (χ0) is 13.0. The number of rotatable bonds is 5. The van der Waals surface area contributed by atoms with Crippen LogP contribution in [0.25, 0.3) is 0 Å². The Labute approximate surface area is 115 Å². The summed E-state index contributed by atoms with van der Waals surface area (Å²) in [5.74, 6) is -0.939. The molecule has 18 heavy (non-hydrogen) atoms. The lowest BCUT2D eigenvalue weighted by molar-refractivity contribution is 0.0696. The van der Waals surface area contributed by atoms with Crippen molar-refractivity contribution in [3.63, 3.8) is 0 Å². The van der Waals surface area contributed by atoms with Crippen LogP contribution in [0.5, 0.6) is 0 Å². The third-order valence-electron chi connectivity index (χ3n) is 3.29. The molecule has 2 unspecified atom stereocenters. The van der Waals surface area contributed by atoms with Crippen molar-refractivity contribution in [1.82, 2.24) is 10.3 Å². The molecule has 1 saturated carbocycles. The van der Waals surface area contributed by atoms with Crippen molar-refractivity contribution in [1.29, 1.82) is 0 Å². The number of thiazole rings is 1. The average molecular weight is 286 g/mol. The van der Waals surface area contributed by atoms with Crippen LogP contribution in [0.15, 0.2) is 5.38 Å². The Morgan fingerprint density at radius 1 is 1.61 bits per heavy atom. The SMILES string of the molecule is CSC1CCCCC1NCc1csc(C(=O)O)n1. The summed E-state index contributed by atoms with van der Waals surface area (Å²) in [5, 5.41) is 15.0. The number of carboxylic acid groups (broad SMARTS) is 1. The summed E-state index contributed by atoms with van der Waals surface area (Å²) in [4.78, 5) is 14.8. The standard InChI is InChI=1S/C12H18N2O2S2/c1-17-10-5-3-2-4-9(10)13-6-8-7-18-11(14-8)12(15)16/h7,9-10,13H,2-6H2,1H3,(H,15,16). The van der Waals surface area contributed by atoms with E-state index in [1.807, 2.05) is 17.1 Å². The van der Waals surface area contributed by atoms with E-state index < -0.39 is 5.97 Å². The zero-order valence-corrected chi connectivity index (χ0v) is 12.0. The Kier molecular flexibility index (Phi) is 5.03. The molecule has 0 saturated heterocycles. The van der Waals surface area contributed by atoms with Gasteiger partial charge in [0.15, 0.2) is 0 Å². The van der Waals surface area contributed by atoms with Crippen LogP contribution in [0.4, 0.5) is 0 Å². The number of carboxylic acids is 1. The number of hydrogen-bond donors (Lipinski definition) is 2. The minimum Gasteiger partial charge on any atom is -0.476 e. The molecule has 1 aliphatic rings. The maximum absolute atomic E-state index is 10.7. The van der Waals surface area contributed by atoms with Gasteiger partial charge in [-0.2, -0.15) is 11.8 Å². The van der Waals surface area contributed by atoms with E-state index >= 15 is 0 Å². The van der Waals surface area contributed by atoms with Crippen molar-refractivity contribution >= 4 is 29.1 Å². The fourth-order valence-corrected chi connectivity index (χ4v) is 3.95. The van der Waals surface area contributed by atoms with Gasteiger partial charge < -0.3 is 10.4 Å². The molecule has 100 valence electrons.